The van der Waals surface area contributed by atoms with Crippen LogP contribution < -0.4 is 5.32 Å². The monoisotopic (exact) mass is 287 g/mol. The number of hydrogen-bond donors (Lipinski definition) is 2. The summed E-state index contributed by atoms with van der Waals surface area (Å²) in [7, 11) is 0. The summed E-state index contributed by atoms with van der Waals surface area (Å²) in [6, 6.07) is 3.10. The van der Waals surface area contributed by atoms with E-state index in [0.717, 1.165) is 0 Å². The number of carboxylic acid groups (broad SMARTS) is 1. The lowest BCUT2D eigenvalue weighted by atomic mass is 9.91. The minimum absolute atomic E-state index is 0.242. The van der Waals surface area contributed by atoms with Crippen LogP contribution >= 0.6 is 0 Å². The van der Waals surface area contributed by atoms with Crippen LogP contribution in [0, 0.1) is 5.92 Å². The van der Waals surface area contributed by atoms with Gasteiger partial charge in [-0.1, -0.05) is 0 Å². The van der Waals surface area contributed by atoms with Gasteiger partial charge >= 0.3 is 5.97 Å². The summed E-state index contributed by atoms with van der Waals surface area (Å²) in [6.45, 7) is 1.02. The molecule has 2 aliphatic rings. The van der Waals surface area contributed by atoms with Crippen LogP contribution in [0.15, 0.2) is 35.9 Å². The van der Waals surface area contributed by atoms with E-state index in [4.69, 9.17) is 5.11 Å². The summed E-state index contributed by atoms with van der Waals surface area (Å²) in [5.41, 5.74) is 0.636. The number of fused-ring (bicyclic) bond motifs is 1. The van der Waals surface area contributed by atoms with Gasteiger partial charge in [-0.3, -0.25) is 24.3 Å². The number of nitrogens with one attached hydrogen (secondary N) is 1. The molecule has 0 saturated carbocycles. The molecule has 21 heavy (non-hydrogen) atoms. The van der Waals surface area contributed by atoms with Gasteiger partial charge in [-0.15, -0.1) is 0 Å². The van der Waals surface area contributed by atoms with Gasteiger partial charge < -0.3 is 10.4 Å². The van der Waals surface area contributed by atoms with Crippen molar-refractivity contribution in [1.82, 2.24) is 15.2 Å². The number of carbonyl (C=O) groups excluding carboxylic acids is 2. The van der Waals surface area contributed by atoms with Crippen LogP contribution in [0.2, 0.25) is 0 Å². The number of nitrogens with zero attached hydrogens (tertiary/aromatic N) is 2. The van der Waals surface area contributed by atoms with Gasteiger partial charge in [0.1, 0.15) is 5.82 Å². The van der Waals surface area contributed by atoms with Crippen molar-refractivity contribution in [2.45, 2.75) is 6.42 Å². The summed E-state index contributed by atoms with van der Waals surface area (Å²) in [5.74, 6) is -2.23. The number of pyridine rings is 1. The zero-order valence-electron chi connectivity index (χ0n) is 11.1. The zero-order chi connectivity index (χ0) is 15.0. The zero-order valence-corrected chi connectivity index (χ0v) is 11.1. The Balaban J connectivity index is 2.03. The Hall–Kier alpha value is -2.70. The second-order valence-corrected chi connectivity index (χ2v) is 4.89. The first-order valence-electron chi connectivity index (χ1n) is 6.55. The van der Waals surface area contributed by atoms with E-state index < -0.39 is 11.9 Å². The molecular formula is C14H13N3O4. The lowest BCUT2D eigenvalue weighted by Crippen LogP contribution is -2.29. The van der Waals surface area contributed by atoms with Gasteiger partial charge in [-0.2, -0.15) is 0 Å². The molecule has 1 saturated heterocycles. The first kappa shape index (κ1) is 13.3. The molecule has 7 heteroatoms. The highest BCUT2D eigenvalue weighted by Crippen LogP contribution is 2.34. The Labute approximate surface area is 120 Å². The van der Waals surface area contributed by atoms with Gasteiger partial charge in [-0.25, -0.2) is 0 Å². The molecule has 3 heterocycles. The van der Waals surface area contributed by atoms with Crippen LogP contribution in [0.25, 0.3) is 0 Å². The van der Waals surface area contributed by atoms with Gasteiger partial charge in [0.05, 0.1) is 17.9 Å². The van der Waals surface area contributed by atoms with E-state index >= 15 is 0 Å². The Morgan fingerprint density at radius 3 is 2.76 bits per heavy atom. The van der Waals surface area contributed by atoms with Crippen molar-refractivity contribution < 1.29 is 19.5 Å². The normalized spacial score (nSPS) is 20.5. The van der Waals surface area contributed by atoms with Crippen LogP contribution in [-0.4, -0.2) is 45.7 Å². The maximum Gasteiger partial charge on any atom is 0.304 e. The molecule has 0 unspecified atom stereocenters. The Morgan fingerprint density at radius 1 is 1.38 bits per heavy atom. The van der Waals surface area contributed by atoms with Gasteiger partial charge in [0.2, 0.25) is 5.91 Å². The third-order valence-corrected chi connectivity index (χ3v) is 3.63. The Kier molecular flexibility index (Phi) is 3.17. The first-order chi connectivity index (χ1) is 10.1. The second kappa shape index (κ2) is 5.01. The molecule has 2 N–H and O–H groups in total. The SMILES string of the molecule is O=C(O)C[C@H]1C(=O)N2CCNC2=C1C(=O)c1ccncc1. The summed E-state index contributed by atoms with van der Waals surface area (Å²) in [6.07, 6.45) is 2.59. The van der Waals surface area contributed by atoms with Crippen molar-refractivity contribution in [3.8, 4) is 0 Å². The molecule has 0 bridgehead atoms. The number of aromatic nitrogens is 1. The maximum atomic E-state index is 12.6. The summed E-state index contributed by atoms with van der Waals surface area (Å²) >= 11 is 0. The fourth-order valence-corrected chi connectivity index (χ4v) is 2.72. The molecule has 1 atom stereocenters. The molecule has 0 aromatic carbocycles. The van der Waals surface area contributed by atoms with E-state index in [0.29, 0.717) is 24.5 Å². The minimum atomic E-state index is -1.10. The van der Waals surface area contributed by atoms with Crippen LogP contribution in [0.4, 0.5) is 0 Å². The molecule has 1 aromatic heterocycles. The van der Waals surface area contributed by atoms with Gasteiger partial charge in [-0.05, 0) is 12.1 Å². The first-order valence-corrected chi connectivity index (χ1v) is 6.55. The summed E-state index contributed by atoms with van der Waals surface area (Å²) in [5, 5.41) is 12.0. The third kappa shape index (κ3) is 2.16. The number of Topliss-reactive ketones (excluding diaryl/α,β-unsaturated/α-hetero) is 1. The second-order valence-electron chi connectivity index (χ2n) is 4.89. The third-order valence-electron chi connectivity index (χ3n) is 3.63. The van der Waals surface area contributed by atoms with Crippen LogP contribution in [-0.2, 0) is 9.59 Å². The molecule has 0 radical (unpaired) electrons. The van der Waals surface area contributed by atoms with E-state index in [-0.39, 0.29) is 23.7 Å². The molecule has 1 aromatic rings. The molecular weight excluding hydrogens is 274 g/mol. The van der Waals surface area contributed by atoms with E-state index in [1.54, 1.807) is 12.1 Å². The van der Waals surface area contributed by atoms with Crippen molar-refractivity contribution >= 4 is 17.7 Å². The summed E-state index contributed by atoms with van der Waals surface area (Å²) < 4.78 is 0. The smallest absolute Gasteiger partial charge is 0.304 e. The van der Waals surface area contributed by atoms with E-state index in [2.05, 4.69) is 10.3 Å². The highest BCUT2D eigenvalue weighted by molar-refractivity contribution is 6.14. The number of rotatable bonds is 4. The highest BCUT2D eigenvalue weighted by atomic mass is 16.4. The topological polar surface area (TPSA) is 99.6 Å². The molecule has 0 spiro atoms. The predicted octanol–water partition coefficient (Wildman–Crippen LogP) is 0.0122. The van der Waals surface area contributed by atoms with Crippen LogP contribution in [0.1, 0.15) is 16.8 Å². The fraction of sp³-hybridized carbons (Fsp3) is 0.286. The largest absolute Gasteiger partial charge is 0.481 e. The average Bonchev–Trinajstić information content (AvgIpc) is 3.03. The van der Waals surface area contributed by atoms with Crippen molar-refractivity contribution in [3.05, 3.63) is 41.5 Å². The van der Waals surface area contributed by atoms with E-state index in [1.807, 2.05) is 0 Å². The lowest BCUT2D eigenvalue weighted by molar-refractivity contribution is -0.141. The number of carboxylic acids is 1. The molecule has 1 amide bonds. The predicted molar refractivity (Wildman–Crippen MR) is 71.1 cm³/mol. The Morgan fingerprint density at radius 2 is 2.10 bits per heavy atom. The molecule has 2 aliphatic heterocycles. The molecule has 7 nitrogen and oxygen atoms in total. The average molecular weight is 287 g/mol. The van der Waals surface area contributed by atoms with Crippen molar-refractivity contribution in [3.63, 3.8) is 0 Å². The van der Waals surface area contributed by atoms with Gasteiger partial charge in [0.25, 0.3) is 0 Å². The van der Waals surface area contributed by atoms with Gasteiger partial charge in [0.15, 0.2) is 5.78 Å². The van der Waals surface area contributed by atoms with Crippen LogP contribution in [0.3, 0.4) is 0 Å². The van der Waals surface area contributed by atoms with Crippen molar-refractivity contribution in [1.29, 1.82) is 0 Å². The number of aliphatic carboxylic acids is 1. The van der Waals surface area contributed by atoms with Crippen LogP contribution in [0.5, 0.6) is 0 Å². The molecule has 0 aliphatic carbocycles. The quantitative estimate of drug-likeness (QED) is 0.757. The fourth-order valence-electron chi connectivity index (χ4n) is 2.72. The Bertz CT molecular complexity index is 653. The molecule has 3 rings (SSSR count). The number of amides is 1. The highest BCUT2D eigenvalue weighted by Gasteiger charge is 2.45. The van der Waals surface area contributed by atoms with Crippen molar-refractivity contribution in [2.24, 2.45) is 5.92 Å². The summed E-state index contributed by atoms with van der Waals surface area (Å²) in [4.78, 5) is 41.2. The lowest BCUT2D eigenvalue weighted by Gasteiger charge is -2.11. The molecule has 1 fully saturated rings. The van der Waals surface area contributed by atoms with E-state index in [1.165, 1.54) is 17.3 Å². The number of hydrogen-bond acceptors (Lipinski definition) is 5. The van der Waals surface area contributed by atoms with Gasteiger partial charge in [0, 0.05) is 31.0 Å². The van der Waals surface area contributed by atoms with E-state index in [9.17, 15) is 14.4 Å². The number of carbonyl (C=O) groups is 3. The van der Waals surface area contributed by atoms with Crippen molar-refractivity contribution in [2.75, 3.05) is 13.1 Å². The maximum absolute atomic E-state index is 12.6. The minimum Gasteiger partial charge on any atom is -0.481 e. The number of ketones is 1. The molecule has 108 valence electrons. The standard InChI is InChI=1S/C14H13N3O4/c18-10(19)7-9-11(12(20)8-1-3-15-4-2-8)13-16-5-6-17(13)14(9)21/h1-4,9,16H,5-7H2,(H,18,19)/t9-/m1/s1.